The highest BCUT2D eigenvalue weighted by Gasteiger charge is 2.19. The van der Waals surface area contributed by atoms with E-state index < -0.39 is 0 Å². The molecule has 0 aliphatic heterocycles. The van der Waals surface area contributed by atoms with Gasteiger partial charge in [-0.3, -0.25) is 0 Å². The summed E-state index contributed by atoms with van der Waals surface area (Å²) in [6.45, 7) is 0. The van der Waals surface area contributed by atoms with Crippen LogP contribution in [0.4, 0.5) is 17.1 Å². The molecular formula is C66H42N2S. The Morgan fingerprint density at radius 1 is 0.290 bits per heavy atom. The third kappa shape index (κ3) is 6.47. The van der Waals surface area contributed by atoms with Gasteiger partial charge < -0.3 is 9.47 Å². The Labute approximate surface area is 403 Å². The lowest BCUT2D eigenvalue weighted by atomic mass is 9.91. The standard InChI is InChI=1S/C66H42N2S/c1-2-14-43(15-3-1)53-24-12-17-46-18-13-25-54(66(46)53)44-28-32-48(33-29-44)67(49-34-30-45(31-35-49)59-40-47-16-4-5-19-52(47)55-20-6-7-21-56(55)59)50-36-38-64-60(41-50)61-42-51(37-39-65(61)69-64)68-62-26-10-8-22-57(62)58-23-9-11-27-63(58)68/h1-42H. The van der Waals surface area contributed by atoms with E-state index in [0.29, 0.717) is 0 Å². The summed E-state index contributed by atoms with van der Waals surface area (Å²) in [5.41, 5.74) is 14.2. The lowest BCUT2D eigenvalue weighted by Gasteiger charge is -2.26. The van der Waals surface area contributed by atoms with Crippen molar-refractivity contribution in [1.82, 2.24) is 4.57 Å². The summed E-state index contributed by atoms with van der Waals surface area (Å²) in [6, 6.07) is 93.8. The van der Waals surface area contributed by atoms with Gasteiger partial charge in [0.2, 0.25) is 0 Å². The fourth-order valence-corrected chi connectivity index (χ4v) is 12.1. The van der Waals surface area contributed by atoms with E-state index >= 15 is 0 Å². The summed E-state index contributed by atoms with van der Waals surface area (Å²) in [7, 11) is 0. The van der Waals surface area contributed by atoms with E-state index in [-0.39, 0.29) is 0 Å². The summed E-state index contributed by atoms with van der Waals surface area (Å²) in [5.74, 6) is 0. The molecule has 2 aromatic heterocycles. The summed E-state index contributed by atoms with van der Waals surface area (Å²) in [4.78, 5) is 2.42. The normalized spacial score (nSPS) is 11.8. The Morgan fingerprint density at radius 3 is 1.45 bits per heavy atom. The Kier molecular flexibility index (Phi) is 9.11. The largest absolute Gasteiger partial charge is 0.310 e. The van der Waals surface area contributed by atoms with Gasteiger partial charge in [-0.05, 0) is 145 Å². The molecule has 69 heavy (non-hydrogen) atoms. The number of rotatable bonds is 7. The minimum Gasteiger partial charge on any atom is -0.310 e. The predicted molar refractivity (Wildman–Crippen MR) is 297 cm³/mol. The molecule has 14 rings (SSSR count). The quantitative estimate of drug-likeness (QED) is 0.145. The SMILES string of the molecule is c1ccc(-c2cccc3cccc(-c4ccc(N(c5ccc(-c6cc7ccccc7c7ccccc67)cc5)c5ccc6sc7ccc(-n8c9ccccc9c9ccccc98)cc7c6c5)cc4)c23)cc1. The van der Waals surface area contributed by atoms with Gasteiger partial charge in [0.25, 0.3) is 0 Å². The molecule has 12 aromatic carbocycles. The van der Waals surface area contributed by atoms with E-state index in [1.165, 1.54) is 108 Å². The second kappa shape index (κ2) is 16.0. The molecule has 14 aromatic rings. The van der Waals surface area contributed by atoms with Crippen molar-refractivity contribution in [2.75, 3.05) is 4.90 Å². The van der Waals surface area contributed by atoms with Crippen molar-refractivity contribution in [2.45, 2.75) is 0 Å². The highest BCUT2D eigenvalue weighted by molar-refractivity contribution is 7.25. The van der Waals surface area contributed by atoms with Crippen LogP contribution >= 0.6 is 11.3 Å². The third-order valence-corrected chi connectivity index (χ3v) is 15.3. The number of hydrogen-bond donors (Lipinski definition) is 0. The van der Waals surface area contributed by atoms with E-state index in [1.54, 1.807) is 0 Å². The van der Waals surface area contributed by atoms with Gasteiger partial charge in [0, 0.05) is 53.7 Å². The average Bonchev–Trinajstić information content (AvgIpc) is 3.96. The Hall–Kier alpha value is -8.76. The Bertz CT molecular complexity index is 4240. The molecule has 0 N–H and O–H groups in total. The van der Waals surface area contributed by atoms with Crippen molar-refractivity contribution in [3.63, 3.8) is 0 Å². The summed E-state index contributed by atoms with van der Waals surface area (Å²) < 4.78 is 4.97. The van der Waals surface area contributed by atoms with Crippen molar-refractivity contribution in [3.8, 4) is 39.1 Å². The molecule has 0 saturated heterocycles. The first-order valence-corrected chi connectivity index (χ1v) is 24.5. The first-order valence-electron chi connectivity index (χ1n) is 23.7. The number of thiophene rings is 1. The van der Waals surface area contributed by atoms with E-state index in [9.17, 15) is 0 Å². The smallest absolute Gasteiger partial charge is 0.0541 e. The van der Waals surface area contributed by atoms with Gasteiger partial charge in [-0.1, -0.05) is 176 Å². The van der Waals surface area contributed by atoms with Crippen LogP contribution in [0.5, 0.6) is 0 Å². The maximum Gasteiger partial charge on any atom is 0.0541 e. The molecule has 3 heteroatoms. The fourth-order valence-electron chi connectivity index (χ4n) is 11.0. The molecule has 0 radical (unpaired) electrons. The van der Waals surface area contributed by atoms with Gasteiger partial charge in [0.1, 0.15) is 0 Å². The zero-order valence-corrected chi connectivity index (χ0v) is 38.4. The zero-order valence-electron chi connectivity index (χ0n) is 37.6. The summed E-state index contributed by atoms with van der Waals surface area (Å²) >= 11 is 1.86. The molecule has 0 aliphatic carbocycles. The number of fused-ring (bicyclic) bond motifs is 10. The van der Waals surface area contributed by atoms with Gasteiger partial charge in [-0.15, -0.1) is 11.3 Å². The van der Waals surface area contributed by atoms with Gasteiger partial charge in [0.05, 0.1) is 11.0 Å². The van der Waals surface area contributed by atoms with Crippen molar-refractivity contribution in [2.24, 2.45) is 0 Å². The molecule has 2 heterocycles. The molecule has 0 saturated carbocycles. The monoisotopic (exact) mass is 894 g/mol. The van der Waals surface area contributed by atoms with Crippen molar-refractivity contribution in [1.29, 1.82) is 0 Å². The van der Waals surface area contributed by atoms with Crippen LogP contribution in [0.2, 0.25) is 0 Å². The topological polar surface area (TPSA) is 8.17 Å². The first-order chi connectivity index (χ1) is 34.2. The van der Waals surface area contributed by atoms with Crippen molar-refractivity contribution >= 4 is 103 Å². The van der Waals surface area contributed by atoms with E-state index in [2.05, 4.69) is 264 Å². The Balaban J connectivity index is 0.926. The molecule has 322 valence electrons. The second-order valence-corrected chi connectivity index (χ2v) is 19.1. The van der Waals surface area contributed by atoms with Gasteiger partial charge in [-0.25, -0.2) is 0 Å². The van der Waals surface area contributed by atoms with Crippen LogP contribution in [0.1, 0.15) is 0 Å². The van der Waals surface area contributed by atoms with Crippen LogP contribution in [0, 0.1) is 0 Å². The highest BCUT2D eigenvalue weighted by Crippen LogP contribution is 2.45. The van der Waals surface area contributed by atoms with E-state index in [1.807, 2.05) is 11.3 Å². The summed E-state index contributed by atoms with van der Waals surface area (Å²) in [5, 5.41) is 12.6. The molecule has 0 aliphatic rings. The summed E-state index contributed by atoms with van der Waals surface area (Å²) in [6.07, 6.45) is 0. The number of anilines is 3. The first kappa shape index (κ1) is 39.4. The van der Waals surface area contributed by atoms with Crippen molar-refractivity contribution in [3.05, 3.63) is 255 Å². The molecular weight excluding hydrogens is 853 g/mol. The fraction of sp³-hybridized carbons (Fsp3) is 0. The molecule has 0 amide bonds. The van der Waals surface area contributed by atoms with Gasteiger partial charge in [0.15, 0.2) is 0 Å². The van der Waals surface area contributed by atoms with Crippen LogP contribution in [0.15, 0.2) is 255 Å². The van der Waals surface area contributed by atoms with Crippen molar-refractivity contribution < 1.29 is 0 Å². The van der Waals surface area contributed by atoms with Crippen LogP contribution in [0.3, 0.4) is 0 Å². The van der Waals surface area contributed by atoms with Crippen LogP contribution in [-0.4, -0.2) is 4.57 Å². The number of aromatic nitrogens is 1. The minimum atomic E-state index is 1.09. The van der Waals surface area contributed by atoms with Gasteiger partial charge >= 0.3 is 0 Å². The highest BCUT2D eigenvalue weighted by atomic mass is 32.1. The maximum atomic E-state index is 2.42. The molecule has 0 fully saturated rings. The lowest BCUT2D eigenvalue weighted by Crippen LogP contribution is -2.09. The minimum absolute atomic E-state index is 1.09. The molecule has 2 nitrogen and oxygen atoms in total. The number of hydrogen-bond acceptors (Lipinski definition) is 2. The Morgan fingerprint density at radius 2 is 0.783 bits per heavy atom. The third-order valence-electron chi connectivity index (χ3n) is 14.2. The second-order valence-electron chi connectivity index (χ2n) is 18.0. The maximum absolute atomic E-state index is 2.42. The van der Waals surface area contributed by atoms with Crippen LogP contribution < -0.4 is 4.90 Å². The van der Waals surface area contributed by atoms with Gasteiger partial charge in [-0.2, -0.15) is 0 Å². The van der Waals surface area contributed by atoms with E-state index in [4.69, 9.17) is 0 Å². The number of benzene rings is 12. The van der Waals surface area contributed by atoms with Crippen LogP contribution in [-0.2, 0) is 0 Å². The number of nitrogens with zero attached hydrogens (tertiary/aromatic N) is 2. The molecule has 0 spiro atoms. The van der Waals surface area contributed by atoms with Crippen LogP contribution in [0.25, 0.3) is 113 Å². The predicted octanol–water partition coefficient (Wildman–Crippen LogP) is 19.1. The van der Waals surface area contributed by atoms with E-state index in [0.717, 1.165) is 22.7 Å². The zero-order chi connectivity index (χ0) is 45.4. The molecule has 0 bridgehead atoms. The number of para-hydroxylation sites is 2. The lowest BCUT2D eigenvalue weighted by molar-refractivity contribution is 1.19. The average molecular weight is 895 g/mol. The molecule has 0 unspecified atom stereocenters. The molecule has 0 atom stereocenters.